The Labute approximate surface area is 126 Å². The monoisotopic (exact) mass is 408 g/mol. The maximum atomic E-state index is 6.16. The SMILES string of the molecule is CC(CI)(OCCC1CC1)c1ccccc1Br. The second kappa shape index (κ2) is 6.02. The maximum absolute atomic E-state index is 6.16. The van der Waals surface area contributed by atoms with Crippen molar-refractivity contribution in [3.63, 3.8) is 0 Å². The molecule has 0 radical (unpaired) electrons. The Hall–Kier alpha value is 0.390. The summed E-state index contributed by atoms with van der Waals surface area (Å²) < 4.78 is 8.27. The Kier molecular flexibility index (Phi) is 4.89. The van der Waals surface area contributed by atoms with E-state index in [9.17, 15) is 0 Å². The van der Waals surface area contributed by atoms with E-state index in [1.807, 2.05) is 6.07 Å². The van der Waals surface area contributed by atoms with E-state index in [2.05, 4.69) is 63.6 Å². The summed E-state index contributed by atoms with van der Waals surface area (Å²) in [6.07, 6.45) is 4.02. The fourth-order valence-corrected chi connectivity index (χ4v) is 3.27. The summed E-state index contributed by atoms with van der Waals surface area (Å²) in [6.45, 7) is 3.07. The van der Waals surface area contributed by atoms with Crippen molar-refractivity contribution < 1.29 is 4.74 Å². The van der Waals surface area contributed by atoms with E-state index in [0.29, 0.717) is 0 Å². The molecule has 17 heavy (non-hydrogen) atoms. The molecule has 1 aliphatic carbocycles. The Morgan fingerprint density at radius 3 is 2.71 bits per heavy atom. The van der Waals surface area contributed by atoms with Crippen LogP contribution in [-0.4, -0.2) is 11.0 Å². The highest BCUT2D eigenvalue weighted by Gasteiger charge is 2.29. The predicted octanol–water partition coefficient (Wildman–Crippen LogP) is 4.92. The normalized spacial score (nSPS) is 19.0. The molecule has 0 saturated heterocycles. The Balaban J connectivity index is 2.03. The highest BCUT2D eigenvalue weighted by atomic mass is 127. The van der Waals surface area contributed by atoms with Gasteiger partial charge in [-0.3, -0.25) is 0 Å². The van der Waals surface area contributed by atoms with Crippen molar-refractivity contribution in [1.82, 2.24) is 0 Å². The zero-order valence-corrected chi connectivity index (χ0v) is 13.8. The van der Waals surface area contributed by atoms with Gasteiger partial charge in [0, 0.05) is 15.5 Å². The van der Waals surface area contributed by atoms with Crippen molar-refractivity contribution in [3.05, 3.63) is 34.3 Å². The van der Waals surface area contributed by atoms with E-state index in [4.69, 9.17) is 4.74 Å². The Morgan fingerprint density at radius 2 is 2.12 bits per heavy atom. The third-order valence-corrected chi connectivity index (χ3v) is 5.49. The van der Waals surface area contributed by atoms with Crippen molar-refractivity contribution in [3.8, 4) is 0 Å². The van der Waals surface area contributed by atoms with E-state index in [0.717, 1.165) is 21.4 Å². The molecule has 0 bridgehead atoms. The van der Waals surface area contributed by atoms with Gasteiger partial charge in [-0.15, -0.1) is 0 Å². The molecule has 0 amide bonds. The molecule has 94 valence electrons. The molecule has 1 aromatic rings. The average molecular weight is 409 g/mol. The van der Waals surface area contributed by atoms with Crippen molar-refractivity contribution in [2.45, 2.75) is 31.8 Å². The molecule has 2 rings (SSSR count). The molecule has 1 aliphatic rings. The van der Waals surface area contributed by atoms with Crippen LogP contribution in [0.1, 0.15) is 31.7 Å². The van der Waals surface area contributed by atoms with Gasteiger partial charge in [0.25, 0.3) is 0 Å². The van der Waals surface area contributed by atoms with Crippen molar-refractivity contribution >= 4 is 38.5 Å². The summed E-state index contributed by atoms with van der Waals surface area (Å²) >= 11 is 6.04. The van der Waals surface area contributed by atoms with Gasteiger partial charge in [-0.05, 0) is 30.9 Å². The first-order chi connectivity index (χ1) is 8.15. The molecule has 1 nitrogen and oxygen atoms in total. The number of ether oxygens (including phenoxy) is 1. The molecular formula is C14H18BrIO. The van der Waals surface area contributed by atoms with Crippen LogP contribution in [0, 0.1) is 5.92 Å². The van der Waals surface area contributed by atoms with Crippen LogP contribution < -0.4 is 0 Å². The third-order valence-electron chi connectivity index (χ3n) is 3.34. The van der Waals surface area contributed by atoms with Gasteiger partial charge in [0.1, 0.15) is 5.60 Å². The summed E-state index contributed by atoms with van der Waals surface area (Å²) in [7, 11) is 0. The molecule has 1 saturated carbocycles. The number of hydrogen-bond acceptors (Lipinski definition) is 1. The fourth-order valence-electron chi connectivity index (χ4n) is 1.94. The maximum Gasteiger partial charge on any atom is 0.100 e. The van der Waals surface area contributed by atoms with Gasteiger partial charge in [-0.25, -0.2) is 0 Å². The average Bonchev–Trinajstić information content (AvgIpc) is 3.13. The van der Waals surface area contributed by atoms with Gasteiger partial charge in [-0.2, -0.15) is 0 Å². The quantitative estimate of drug-likeness (QED) is 0.479. The Bertz CT molecular complexity index is 378. The van der Waals surface area contributed by atoms with E-state index < -0.39 is 0 Å². The van der Waals surface area contributed by atoms with Gasteiger partial charge in [0.15, 0.2) is 0 Å². The van der Waals surface area contributed by atoms with Crippen LogP contribution in [0.5, 0.6) is 0 Å². The van der Waals surface area contributed by atoms with Gasteiger partial charge < -0.3 is 4.74 Å². The number of hydrogen-bond donors (Lipinski definition) is 0. The lowest BCUT2D eigenvalue weighted by molar-refractivity contribution is -0.0187. The molecule has 0 heterocycles. The minimum absolute atomic E-state index is 0.171. The lowest BCUT2D eigenvalue weighted by atomic mass is 9.98. The predicted molar refractivity (Wildman–Crippen MR) is 83.7 cm³/mol. The van der Waals surface area contributed by atoms with Crippen LogP contribution in [0.25, 0.3) is 0 Å². The number of rotatable bonds is 6. The molecule has 0 N–H and O–H groups in total. The van der Waals surface area contributed by atoms with E-state index in [-0.39, 0.29) is 5.60 Å². The molecule has 0 spiro atoms. The highest BCUT2D eigenvalue weighted by Crippen LogP contribution is 2.36. The van der Waals surface area contributed by atoms with Crippen LogP contribution in [0.3, 0.4) is 0 Å². The first-order valence-electron chi connectivity index (χ1n) is 6.10. The standard InChI is InChI=1S/C14H18BrIO/c1-14(10-16,17-9-8-11-6-7-11)12-4-2-3-5-13(12)15/h2-5,11H,6-10H2,1H3. The molecule has 0 aliphatic heterocycles. The molecule has 1 fully saturated rings. The first kappa shape index (κ1) is 13.8. The van der Waals surface area contributed by atoms with E-state index in [1.165, 1.54) is 24.8 Å². The second-order valence-electron chi connectivity index (χ2n) is 4.92. The summed E-state index contributed by atoms with van der Waals surface area (Å²) in [6, 6.07) is 8.37. The zero-order chi connectivity index (χ0) is 12.3. The number of alkyl halides is 1. The largest absolute Gasteiger partial charge is 0.370 e. The van der Waals surface area contributed by atoms with Gasteiger partial charge in [-0.1, -0.05) is 69.6 Å². The minimum atomic E-state index is -0.171. The molecular weight excluding hydrogens is 391 g/mol. The lowest BCUT2D eigenvalue weighted by Crippen LogP contribution is -2.29. The van der Waals surface area contributed by atoms with Crippen molar-refractivity contribution in [1.29, 1.82) is 0 Å². The third kappa shape index (κ3) is 3.67. The molecule has 0 aromatic heterocycles. The molecule has 1 unspecified atom stereocenters. The summed E-state index contributed by atoms with van der Waals surface area (Å²) in [5.74, 6) is 0.938. The van der Waals surface area contributed by atoms with Crippen LogP contribution in [0.2, 0.25) is 0 Å². The lowest BCUT2D eigenvalue weighted by Gasteiger charge is -2.29. The van der Waals surface area contributed by atoms with Crippen molar-refractivity contribution in [2.75, 3.05) is 11.0 Å². The molecule has 1 aromatic carbocycles. The minimum Gasteiger partial charge on any atom is -0.370 e. The summed E-state index contributed by atoms with van der Waals surface area (Å²) in [5, 5.41) is 0. The smallest absolute Gasteiger partial charge is 0.100 e. The van der Waals surface area contributed by atoms with Crippen molar-refractivity contribution in [2.24, 2.45) is 5.92 Å². The second-order valence-corrected chi connectivity index (χ2v) is 6.54. The topological polar surface area (TPSA) is 9.23 Å². The van der Waals surface area contributed by atoms with Gasteiger partial charge in [0.2, 0.25) is 0 Å². The molecule has 1 atom stereocenters. The highest BCUT2D eigenvalue weighted by molar-refractivity contribution is 14.1. The van der Waals surface area contributed by atoms with Gasteiger partial charge >= 0.3 is 0 Å². The molecule has 3 heteroatoms. The first-order valence-corrected chi connectivity index (χ1v) is 8.42. The zero-order valence-electron chi connectivity index (χ0n) is 10.1. The van der Waals surface area contributed by atoms with Crippen LogP contribution in [0.15, 0.2) is 28.7 Å². The summed E-state index contributed by atoms with van der Waals surface area (Å²) in [5.41, 5.74) is 1.08. The number of benzene rings is 1. The Morgan fingerprint density at radius 1 is 1.41 bits per heavy atom. The number of halogens is 2. The van der Waals surface area contributed by atoms with Crippen LogP contribution >= 0.6 is 38.5 Å². The van der Waals surface area contributed by atoms with E-state index in [1.54, 1.807) is 0 Å². The van der Waals surface area contributed by atoms with Gasteiger partial charge in [0.05, 0.1) is 0 Å². The fraction of sp³-hybridized carbons (Fsp3) is 0.571. The summed E-state index contributed by atoms with van der Waals surface area (Å²) in [4.78, 5) is 0. The van der Waals surface area contributed by atoms with E-state index >= 15 is 0 Å². The van der Waals surface area contributed by atoms with Crippen LogP contribution in [0.4, 0.5) is 0 Å². The van der Waals surface area contributed by atoms with Crippen LogP contribution in [-0.2, 0) is 10.3 Å².